The van der Waals surface area contributed by atoms with E-state index in [2.05, 4.69) is 30.1 Å². The molecule has 2 aliphatic heterocycles. The third-order valence-electron chi connectivity index (χ3n) is 5.67. The van der Waals surface area contributed by atoms with Crippen LogP contribution in [0.1, 0.15) is 23.2 Å². The van der Waals surface area contributed by atoms with Crippen molar-refractivity contribution >= 4 is 28.8 Å². The van der Waals surface area contributed by atoms with Gasteiger partial charge in [0.25, 0.3) is 5.91 Å². The van der Waals surface area contributed by atoms with Crippen LogP contribution in [0, 0.1) is 0 Å². The number of benzene rings is 1. The van der Waals surface area contributed by atoms with E-state index in [1.165, 1.54) is 0 Å². The number of carbonyl (C=O) groups excluding carboxylic acids is 1. The Morgan fingerprint density at radius 1 is 0.933 bits per heavy atom. The number of ether oxygens (including phenoxy) is 1. The van der Waals surface area contributed by atoms with Crippen LogP contribution in [0.5, 0.6) is 5.75 Å². The standard InChI is InChI=1S/C20H23N7O3/c1-29-15-6-4-5-14(13-15)20(28)27-11-9-26(10-12-27)19-18(25-7-2-3-8-25)21-16-17(22-19)24-30-23-16/h4-6,13H,2-3,7-12H2,1H3. The summed E-state index contributed by atoms with van der Waals surface area (Å²) >= 11 is 0. The molecular weight excluding hydrogens is 386 g/mol. The van der Waals surface area contributed by atoms with Crippen LogP contribution in [0.4, 0.5) is 11.6 Å². The van der Waals surface area contributed by atoms with Gasteiger partial charge < -0.3 is 19.4 Å². The van der Waals surface area contributed by atoms with Gasteiger partial charge in [-0.3, -0.25) is 4.79 Å². The quantitative estimate of drug-likeness (QED) is 0.636. The number of amides is 1. The smallest absolute Gasteiger partial charge is 0.254 e. The summed E-state index contributed by atoms with van der Waals surface area (Å²) < 4.78 is 10.1. The lowest BCUT2D eigenvalue weighted by atomic mass is 10.1. The van der Waals surface area contributed by atoms with Gasteiger partial charge in [0.05, 0.1) is 7.11 Å². The van der Waals surface area contributed by atoms with Gasteiger partial charge in [-0.05, 0) is 41.4 Å². The molecule has 3 aromatic rings. The average molecular weight is 409 g/mol. The lowest BCUT2D eigenvalue weighted by Crippen LogP contribution is -2.49. The number of nitrogens with zero attached hydrogens (tertiary/aromatic N) is 7. The average Bonchev–Trinajstić information content (AvgIpc) is 3.49. The zero-order chi connectivity index (χ0) is 20.5. The Morgan fingerprint density at radius 3 is 2.20 bits per heavy atom. The number of piperazine rings is 1. The number of hydrogen-bond donors (Lipinski definition) is 0. The minimum absolute atomic E-state index is 0.00977. The van der Waals surface area contributed by atoms with Gasteiger partial charge in [0.15, 0.2) is 11.6 Å². The molecule has 0 radical (unpaired) electrons. The van der Waals surface area contributed by atoms with E-state index in [0.717, 1.165) is 37.6 Å². The first-order chi connectivity index (χ1) is 14.7. The predicted molar refractivity (Wildman–Crippen MR) is 110 cm³/mol. The summed E-state index contributed by atoms with van der Waals surface area (Å²) in [6, 6.07) is 7.26. The van der Waals surface area contributed by atoms with Gasteiger partial charge >= 0.3 is 0 Å². The number of anilines is 2. The van der Waals surface area contributed by atoms with Gasteiger partial charge in [-0.25, -0.2) is 14.6 Å². The Morgan fingerprint density at radius 2 is 1.57 bits per heavy atom. The molecule has 0 saturated carbocycles. The van der Waals surface area contributed by atoms with Gasteiger partial charge in [-0.2, -0.15) is 0 Å². The van der Waals surface area contributed by atoms with Crippen LogP contribution in [0.15, 0.2) is 28.9 Å². The van der Waals surface area contributed by atoms with Gasteiger partial charge in [0, 0.05) is 44.8 Å². The highest BCUT2D eigenvalue weighted by Crippen LogP contribution is 2.30. The van der Waals surface area contributed by atoms with E-state index in [0.29, 0.717) is 48.8 Å². The zero-order valence-corrected chi connectivity index (χ0v) is 16.8. The molecule has 2 fully saturated rings. The Balaban J connectivity index is 1.35. The minimum Gasteiger partial charge on any atom is -0.497 e. The van der Waals surface area contributed by atoms with E-state index in [1.807, 2.05) is 23.1 Å². The van der Waals surface area contributed by atoms with Crippen molar-refractivity contribution in [3.63, 3.8) is 0 Å². The Labute approximate surface area is 173 Å². The zero-order valence-electron chi connectivity index (χ0n) is 16.8. The van der Waals surface area contributed by atoms with E-state index in [1.54, 1.807) is 13.2 Å². The molecule has 0 aliphatic carbocycles. The molecule has 4 heterocycles. The van der Waals surface area contributed by atoms with Crippen molar-refractivity contribution in [3.8, 4) is 5.75 Å². The second-order valence-corrected chi connectivity index (χ2v) is 7.49. The highest BCUT2D eigenvalue weighted by Gasteiger charge is 2.28. The van der Waals surface area contributed by atoms with Crippen molar-refractivity contribution in [3.05, 3.63) is 29.8 Å². The highest BCUT2D eigenvalue weighted by molar-refractivity contribution is 5.94. The van der Waals surface area contributed by atoms with Gasteiger partial charge in [0.1, 0.15) is 5.75 Å². The molecule has 10 heteroatoms. The van der Waals surface area contributed by atoms with Crippen molar-refractivity contribution in [1.29, 1.82) is 0 Å². The lowest BCUT2D eigenvalue weighted by Gasteiger charge is -2.36. The van der Waals surface area contributed by atoms with E-state index in [-0.39, 0.29) is 5.91 Å². The minimum atomic E-state index is 0.00977. The molecule has 2 aromatic heterocycles. The normalized spacial score (nSPS) is 17.0. The molecule has 156 valence electrons. The van der Waals surface area contributed by atoms with Crippen LogP contribution in [0.25, 0.3) is 11.3 Å². The van der Waals surface area contributed by atoms with Gasteiger partial charge in [-0.1, -0.05) is 6.07 Å². The van der Waals surface area contributed by atoms with Crippen LogP contribution < -0.4 is 14.5 Å². The summed E-state index contributed by atoms with van der Waals surface area (Å²) in [5, 5.41) is 7.71. The first-order valence-electron chi connectivity index (χ1n) is 10.2. The summed E-state index contributed by atoms with van der Waals surface area (Å²) in [4.78, 5) is 28.6. The SMILES string of the molecule is COc1cccc(C(=O)N2CCN(c3nc4nonc4nc3N3CCCC3)CC2)c1. The molecule has 1 aromatic carbocycles. The van der Waals surface area contributed by atoms with Crippen LogP contribution in [0.2, 0.25) is 0 Å². The molecule has 2 aliphatic rings. The Hall–Kier alpha value is -3.43. The number of aromatic nitrogens is 4. The van der Waals surface area contributed by atoms with Crippen LogP contribution >= 0.6 is 0 Å². The van der Waals surface area contributed by atoms with Crippen molar-refractivity contribution in [1.82, 2.24) is 25.2 Å². The molecule has 10 nitrogen and oxygen atoms in total. The van der Waals surface area contributed by atoms with Crippen molar-refractivity contribution in [2.24, 2.45) is 0 Å². The van der Waals surface area contributed by atoms with E-state index < -0.39 is 0 Å². The Bertz CT molecular complexity index is 1060. The number of carbonyl (C=O) groups is 1. The summed E-state index contributed by atoms with van der Waals surface area (Å²) in [6.07, 6.45) is 2.28. The first kappa shape index (κ1) is 18.6. The summed E-state index contributed by atoms with van der Waals surface area (Å²) in [7, 11) is 1.60. The maximum absolute atomic E-state index is 12.9. The molecular formula is C20H23N7O3. The van der Waals surface area contributed by atoms with Crippen molar-refractivity contribution in [2.45, 2.75) is 12.8 Å². The molecule has 30 heavy (non-hydrogen) atoms. The molecule has 0 unspecified atom stereocenters. The maximum Gasteiger partial charge on any atom is 0.254 e. The molecule has 0 bridgehead atoms. The van der Waals surface area contributed by atoms with E-state index in [4.69, 9.17) is 9.37 Å². The van der Waals surface area contributed by atoms with E-state index >= 15 is 0 Å². The van der Waals surface area contributed by atoms with Crippen molar-refractivity contribution < 1.29 is 14.2 Å². The molecule has 0 atom stereocenters. The number of rotatable bonds is 4. The fraction of sp³-hybridized carbons (Fsp3) is 0.450. The number of methoxy groups -OCH3 is 1. The topological polar surface area (TPSA) is 101 Å². The van der Waals surface area contributed by atoms with Gasteiger partial charge in [-0.15, -0.1) is 0 Å². The Kier molecular flexibility index (Phi) is 4.82. The summed E-state index contributed by atoms with van der Waals surface area (Å²) in [5.41, 5.74) is 1.46. The molecule has 2 saturated heterocycles. The van der Waals surface area contributed by atoms with Crippen LogP contribution in [0.3, 0.4) is 0 Å². The third-order valence-corrected chi connectivity index (χ3v) is 5.67. The number of hydrogen-bond acceptors (Lipinski definition) is 9. The van der Waals surface area contributed by atoms with Crippen LogP contribution in [-0.2, 0) is 0 Å². The number of fused-ring (bicyclic) bond motifs is 1. The lowest BCUT2D eigenvalue weighted by molar-refractivity contribution is 0.0746. The summed E-state index contributed by atoms with van der Waals surface area (Å²) in [6.45, 7) is 4.45. The van der Waals surface area contributed by atoms with Crippen molar-refractivity contribution in [2.75, 3.05) is 56.2 Å². The summed E-state index contributed by atoms with van der Waals surface area (Å²) in [5.74, 6) is 2.30. The van der Waals surface area contributed by atoms with E-state index in [9.17, 15) is 4.79 Å². The van der Waals surface area contributed by atoms with Crippen LogP contribution in [-0.4, -0.2) is 77.5 Å². The fourth-order valence-electron chi connectivity index (χ4n) is 4.03. The molecule has 5 rings (SSSR count). The largest absolute Gasteiger partial charge is 0.497 e. The maximum atomic E-state index is 12.9. The predicted octanol–water partition coefficient (Wildman–Crippen LogP) is 1.58. The monoisotopic (exact) mass is 409 g/mol. The third kappa shape index (κ3) is 3.38. The highest BCUT2D eigenvalue weighted by atomic mass is 16.6. The second kappa shape index (κ2) is 7.77. The second-order valence-electron chi connectivity index (χ2n) is 7.49. The first-order valence-corrected chi connectivity index (χ1v) is 10.2. The van der Waals surface area contributed by atoms with Gasteiger partial charge in [0.2, 0.25) is 11.3 Å². The molecule has 1 amide bonds. The fourth-order valence-corrected chi connectivity index (χ4v) is 4.03. The molecule has 0 spiro atoms. The molecule has 0 N–H and O–H groups in total.